The predicted octanol–water partition coefficient (Wildman–Crippen LogP) is 4.77. The summed E-state index contributed by atoms with van der Waals surface area (Å²) in [7, 11) is -0.266. The first-order chi connectivity index (χ1) is 10.1. The highest BCUT2D eigenvalue weighted by molar-refractivity contribution is 6.86. The van der Waals surface area contributed by atoms with E-state index in [1.165, 1.54) is 35.9 Å². The van der Waals surface area contributed by atoms with Gasteiger partial charge in [-0.15, -0.1) is 0 Å². The van der Waals surface area contributed by atoms with Gasteiger partial charge in [-0.3, -0.25) is 0 Å². The zero-order chi connectivity index (χ0) is 17.1. The summed E-state index contributed by atoms with van der Waals surface area (Å²) in [5.74, 6) is 0. The molecule has 130 valence electrons. The van der Waals surface area contributed by atoms with E-state index in [2.05, 4.69) is 60.7 Å². The average molecular weight is 340 g/mol. The summed E-state index contributed by atoms with van der Waals surface area (Å²) in [6.45, 7) is 20.9. The Morgan fingerprint density at radius 1 is 0.955 bits per heavy atom. The second kappa shape index (κ2) is 7.80. The lowest BCUT2D eigenvalue weighted by Crippen LogP contribution is -2.69. The van der Waals surface area contributed by atoms with Crippen LogP contribution in [0, 0.1) is 0 Å². The minimum absolute atomic E-state index is 0.460. The van der Waals surface area contributed by atoms with Crippen molar-refractivity contribution in [2.75, 3.05) is 6.54 Å². The molecular weight excluding hydrogens is 298 g/mol. The molecule has 0 bridgehead atoms. The Morgan fingerprint density at radius 3 is 1.68 bits per heavy atom. The van der Waals surface area contributed by atoms with E-state index in [4.69, 9.17) is 0 Å². The summed E-state index contributed by atoms with van der Waals surface area (Å²) in [5.41, 5.74) is 4.13. The van der Waals surface area contributed by atoms with Crippen molar-refractivity contribution in [2.45, 2.75) is 103 Å². The fourth-order valence-corrected chi connectivity index (χ4v) is 15.0. The molecule has 0 aromatic rings. The molecule has 0 aliphatic heterocycles. The molecule has 0 aromatic carbocycles. The van der Waals surface area contributed by atoms with Gasteiger partial charge in [-0.2, -0.15) is 0 Å². The molecule has 0 radical (unpaired) electrons. The molecule has 0 atom stereocenters. The summed E-state index contributed by atoms with van der Waals surface area (Å²) >= 11 is 0. The Morgan fingerprint density at radius 2 is 1.36 bits per heavy atom. The van der Waals surface area contributed by atoms with Crippen LogP contribution in [0.1, 0.15) is 81.1 Å². The molecule has 1 aliphatic rings. The molecule has 1 N–H and O–H groups in total. The maximum Gasteiger partial charge on any atom is 0.0841 e. The van der Waals surface area contributed by atoms with Gasteiger partial charge in [-0.1, -0.05) is 65.2 Å². The highest BCUT2D eigenvalue weighted by Gasteiger charge is 2.58. The third-order valence-corrected chi connectivity index (χ3v) is 15.6. The van der Waals surface area contributed by atoms with Gasteiger partial charge in [0.2, 0.25) is 0 Å². The Hall–Kier alpha value is 0.134. The van der Waals surface area contributed by atoms with Crippen molar-refractivity contribution in [1.82, 2.24) is 5.32 Å². The molecule has 1 rings (SSSR count). The Bertz CT molecular complexity index is 364. The molecule has 3 heteroatoms. The van der Waals surface area contributed by atoms with Crippen molar-refractivity contribution < 1.29 is 0 Å². The molecule has 1 nitrogen and oxygen atoms in total. The third kappa shape index (κ3) is 3.46. The Labute approximate surface area is 144 Å². The monoisotopic (exact) mass is 339 g/mol. The lowest BCUT2D eigenvalue weighted by atomic mass is 10.2. The van der Waals surface area contributed by atoms with Gasteiger partial charge >= 0.3 is 0 Å². The minimum atomic E-state index is -1.47. The Kier molecular flexibility index (Phi) is 7.16. The summed E-state index contributed by atoms with van der Waals surface area (Å²) in [6.07, 6.45) is 5.69. The van der Waals surface area contributed by atoms with E-state index >= 15 is 0 Å². The fourth-order valence-electron chi connectivity index (χ4n) is 5.88. The van der Waals surface area contributed by atoms with E-state index in [0.29, 0.717) is 5.16 Å². The first kappa shape index (κ1) is 20.2. The van der Waals surface area contributed by atoms with Crippen LogP contribution >= 0.6 is 0 Å². The molecule has 1 fully saturated rings. The molecule has 22 heavy (non-hydrogen) atoms. The number of allylic oxidation sites excluding steroid dienone is 1. The average Bonchev–Trinajstić information content (AvgIpc) is 2.85. The van der Waals surface area contributed by atoms with E-state index in [0.717, 1.165) is 23.2 Å². The van der Waals surface area contributed by atoms with Crippen LogP contribution in [-0.4, -0.2) is 30.0 Å². The van der Waals surface area contributed by atoms with Gasteiger partial charge in [0.05, 0.1) is 8.07 Å². The number of nitrogens with one attached hydrogen (secondary N) is 1. The van der Waals surface area contributed by atoms with E-state index in [9.17, 15) is 0 Å². The maximum atomic E-state index is 4.19. The Balaban J connectivity index is 3.27. The van der Waals surface area contributed by atoms with E-state index in [-0.39, 0.29) is 0 Å². The fraction of sp³-hybridized carbons (Fsp3) is 0.895. The lowest BCUT2D eigenvalue weighted by Gasteiger charge is -2.56. The second-order valence-corrected chi connectivity index (χ2v) is 16.6. The van der Waals surface area contributed by atoms with Crippen LogP contribution in [0.5, 0.6) is 0 Å². The summed E-state index contributed by atoms with van der Waals surface area (Å²) in [6, 6.07) is 0. The van der Waals surface area contributed by atoms with Crippen molar-refractivity contribution in [3.05, 3.63) is 10.8 Å². The largest absolute Gasteiger partial charge is 0.310 e. The molecule has 0 saturated heterocycles. The first-order valence-electron chi connectivity index (χ1n) is 9.49. The summed E-state index contributed by atoms with van der Waals surface area (Å²) in [4.78, 5) is 0. The van der Waals surface area contributed by atoms with Crippen molar-refractivity contribution in [3.63, 3.8) is 0 Å². The quantitative estimate of drug-likeness (QED) is 0.659. The zero-order valence-electron chi connectivity index (χ0n) is 16.8. The van der Waals surface area contributed by atoms with Crippen molar-refractivity contribution in [3.8, 4) is 0 Å². The van der Waals surface area contributed by atoms with Gasteiger partial charge in [-0.05, 0) is 43.3 Å². The summed E-state index contributed by atoms with van der Waals surface area (Å²) < 4.78 is 0. The van der Waals surface area contributed by atoms with Gasteiger partial charge in [0.1, 0.15) is 0 Å². The highest BCUT2D eigenvalue weighted by Crippen LogP contribution is 2.53. The van der Waals surface area contributed by atoms with Crippen molar-refractivity contribution in [1.29, 1.82) is 0 Å². The van der Waals surface area contributed by atoms with Gasteiger partial charge in [-0.25, -0.2) is 0 Å². The van der Waals surface area contributed by atoms with Crippen LogP contribution in [-0.2, 0) is 0 Å². The normalized spacial score (nSPS) is 20.3. The summed E-state index contributed by atoms with van der Waals surface area (Å²) in [5, 5.41) is 6.26. The second-order valence-electron chi connectivity index (χ2n) is 8.82. The molecule has 0 spiro atoms. The van der Waals surface area contributed by atoms with E-state index < -0.39 is 8.07 Å². The highest BCUT2D eigenvalue weighted by atomic mass is 28.3. The topological polar surface area (TPSA) is 12.0 Å². The zero-order valence-corrected chi connectivity index (χ0v) is 19.8. The van der Waals surface area contributed by atoms with Crippen LogP contribution < -0.4 is 5.32 Å². The number of rotatable bonds is 7. The molecule has 1 saturated carbocycles. The molecule has 1 aliphatic carbocycles. The minimum Gasteiger partial charge on any atom is -0.310 e. The molecule has 0 aromatic heterocycles. The third-order valence-electron chi connectivity index (χ3n) is 6.70. The SMILES string of the molecule is CC([SiH3])=C(C)CNC1([Si](C(C)C)(C(C)C)C(C)C)CCCC1. The van der Waals surface area contributed by atoms with Crippen LogP contribution in [0.15, 0.2) is 10.8 Å². The molecule has 0 unspecified atom stereocenters. The maximum absolute atomic E-state index is 4.19. The van der Waals surface area contributed by atoms with Crippen LogP contribution in [0.4, 0.5) is 0 Å². The van der Waals surface area contributed by atoms with Gasteiger partial charge < -0.3 is 5.32 Å². The van der Waals surface area contributed by atoms with Gasteiger partial charge in [0.15, 0.2) is 0 Å². The number of hydrogen-bond acceptors (Lipinski definition) is 1. The van der Waals surface area contributed by atoms with E-state index in [1.54, 1.807) is 10.8 Å². The van der Waals surface area contributed by atoms with Crippen LogP contribution in [0.25, 0.3) is 0 Å². The van der Waals surface area contributed by atoms with Crippen LogP contribution in [0.2, 0.25) is 16.6 Å². The standard InChI is InChI=1S/C19H41NSi2/c1-14(2)22(15(3)4,16(5)6)19(11-9-10-12-19)20-13-17(7)18(8)21/h14-16,20H,9-13H2,1-8,21H3. The molecule has 0 heterocycles. The predicted molar refractivity (Wildman–Crippen MR) is 109 cm³/mol. The molecule has 0 amide bonds. The van der Waals surface area contributed by atoms with Crippen molar-refractivity contribution in [2.24, 2.45) is 0 Å². The van der Waals surface area contributed by atoms with E-state index in [1.807, 2.05) is 0 Å². The molecular formula is C19H41NSi2. The number of hydrogen-bond donors (Lipinski definition) is 1. The van der Waals surface area contributed by atoms with Gasteiger partial charge in [0, 0.05) is 21.9 Å². The lowest BCUT2D eigenvalue weighted by molar-refractivity contribution is 0.433. The van der Waals surface area contributed by atoms with Crippen LogP contribution in [0.3, 0.4) is 0 Å². The van der Waals surface area contributed by atoms with Gasteiger partial charge in [0.25, 0.3) is 0 Å². The van der Waals surface area contributed by atoms with Crippen molar-refractivity contribution >= 4 is 18.3 Å². The smallest absolute Gasteiger partial charge is 0.0841 e. The first-order valence-corrected chi connectivity index (χ1v) is 12.7.